The number of pyridine rings is 1. The molecule has 39 heavy (non-hydrogen) atoms. The first kappa shape index (κ1) is 26.8. The Kier molecular flexibility index (Phi) is 8.24. The number of anilines is 3. The number of benzene rings is 2. The second-order valence-corrected chi connectivity index (χ2v) is 10.6. The van der Waals surface area contributed by atoms with Gasteiger partial charge in [0.15, 0.2) is 0 Å². The van der Waals surface area contributed by atoms with Crippen LogP contribution >= 0.6 is 11.6 Å². The number of aryl methyl sites for hydroxylation is 1. The zero-order chi connectivity index (χ0) is 27.4. The number of carbonyl (C=O) groups is 1. The maximum atomic E-state index is 13.6. The molecule has 0 radical (unpaired) electrons. The largest absolute Gasteiger partial charge is 0.365 e. The van der Waals surface area contributed by atoms with Crippen LogP contribution in [0.4, 0.5) is 17.5 Å². The SMILES string of the molecule is Cc1ccc2c(NCc3ccc(N(Cc4ccc(Cl)nc4)C(=O)C4CCNCC4)cc3)nc(N(C)C)nc2c1. The molecular formula is C30H34ClN7O. The summed E-state index contributed by atoms with van der Waals surface area (Å²) in [7, 11) is 3.88. The Morgan fingerprint density at radius 3 is 2.46 bits per heavy atom. The van der Waals surface area contributed by atoms with Crippen molar-refractivity contribution in [3.8, 4) is 0 Å². The average molecular weight is 544 g/mol. The van der Waals surface area contributed by atoms with Gasteiger partial charge in [0.05, 0.1) is 12.1 Å². The first-order valence-corrected chi connectivity index (χ1v) is 13.7. The highest BCUT2D eigenvalue weighted by Crippen LogP contribution is 2.27. The summed E-state index contributed by atoms with van der Waals surface area (Å²) in [4.78, 5) is 31.1. The topological polar surface area (TPSA) is 86.3 Å². The van der Waals surface area contributed by atoms with Gasteiger partial charge >= 0.3 is 0 Å². The van der Waals surface area contributed by atoms with Crippen LogP contribution in [0.15, 0.2) is 60.8 Å². The molecule has 3 heterocycles. The second-order valence-electron chi connectivity index (χ2n) is 10.2. The van der Waals surface area contributed by atoms with E-state index in [4.69, 9.17) is 21.6 Å². The molecule has 8 nitrogen and oxygen atoms in total. The molecule has 2 aromatic carbocycles. The number of hydrogen-bond acceptors (Lipinski definition) is 7. The van der Waals surface area contributed by atoms with E-state index in [1.54, 1.807) is 12.3 Å². The molecule has 0 unspecified atom stereocenters. The van der Waals surface area contributed by atoms with E-state index in [1.165, 1.54) is 0 Å². The Bertz CT molecular complexity index is 1430. The third kappa shape index (κ3) is 6.46. The summed E-state index contributed by atoms with van der Waals surface area (Å²) in [6.07, 6.45) is 3.42. The second kappa shape index (κ2) is 12.0. The summed E-state index contributed by atoms with van der Waals surface area (Å²) in [5.41, 5.74) is 4.97. The molecule has 0 aliphatic carbocycles. The molecule has 1 fully saturated rings. The fraction of sp³-hybridized carbons (Fsp3) is 0.333. The maximum absolute atomic E-state index is 13.6. The van der Waals surface area contributed by atoms with Gasteiger partial charge < -0.3 is 20.4 Å². The van der Waals surface area contributed by atoms with Crippen LogP contribution in [0, 0.1) is 12.8 Å². The standard InChI is InChI=1S/C30H34ClN7O/c1-20-4-10-25-26(16-20)35-30(37(2)3)36-28(25)34-17-21-5-8-24(9-6-21)38(19-22-7-11-27(31)33-18-22)29(39)23-12-14-32-15-13-23/h4-11,16,18,23,32H,12-15,17,19H2,1-3H3,(H,34,35,36). The van der Waals surface area contributed by atoms with E-state index < -0.39 is 0 Å². The number of fused-ring (bicyclic) bond motifs is 1. The van der Waals surface area contributed by atoms with Gasteiger partial charge in [-0.1, -0.05) is 35.9 Å². The molecule has 1 saturated heterocycles. The average Bonchev–Trinajstić information content (AvgIpc) is 2.95. The Hall–Kier alpha value is -3.75. The summed E-state index contributed by atoms with van der Waals surface area (Å²) < 4.78 is 0. The van der Waals surface area contributed by atoms with Crippen molar-refractivity contribution in [2.75, 3.05) is 42.3 Å². The fourth-order valence-electron chi connectivity index (χ4n) is 4.81. The number of aromatic nitrogens is 3. The van der Waals surface area contributed by atoms with Crippen LogP contribution in [0.1, 0.15) is 29.5 Å². The summed E-state index contributed by atoms with van der Waals surface area (Å²) >= 11 is 5.99. The zero-order valence-electron chi connectivity index (χ0n) is 22.6. The highest BCUT2D eigenvalue weighted by molar-refractivity contribution is 6.29. The predicted octanol–water partition coefficient (Wildman–Crippen LogP) is 5.20. The predicted molar refractivity (Wildman–Crippen MR) is 158 cm³/mol. The number of piperidine rings is 1. The van der Waals surface area contributed by atoms with E-state index >= 15 is 0 Å². The van der Waals surface area contributed by atoms with E-state index in [1.807, 2.05) is 42.1 Å². The summed E-state index contributed by atoms with van der Waals surface area (Å²) in [5, 5.41) is 8.27. The molecule has 5 rings (SSSR count). The van der Waals surface area contributed by atoms with Gasteiger partial charge in [-0.05, 0) is 79.9 Å². The van der Waals surface area contributed by atoms with E-state index in [0.717, 1.165) is 65.0 Å². The van der Waals surface area contributed by atoms with Crippen molar-refractivity contribution >= 4 is 45.9 Å². The van der Waals surface area contributed by atoms with Gasteiger partial charge in [-0.25, -0.2) is 9.97 Å². The summed E-state index contributed by atoms with van der Waals surface area (Å²) in [5.74, 6) is 1.62. The highest BCUT2D eigenvalue weighted by Gasteiger charge is 2.27. The van der Waals surface area contributed by atoms with Gasteiger partial charge in [0.25, 0.3) is 0 Å². The molecule has 1 aliphatic rings. The Morgan fingerprint density at radius 2 is 1.77 bits per heavy atom. The van der Waals surface area contributed by atoms with Crippen LogP contribution in [-0.4, -0.2) is 48.0 Å². The monoisotopic (exact) mass is 543 g/mol. The van der Waals surface area contributed by atoms with E-state index in [0.29, 0.717) is 24.2 Å². The lowest BCUT2D eigenvalue weighted by Gasteiger charge is -2.30. The Balaban J connectivity index is 1.36. The lowest BCUT2D eigenvalue weighted by molar-refractivity contribution is -0.123. The summed E-state index contributed by atoms with van der Waals surface area (Å²) in [6, 6.07) is 18.1. The van der Waals surface area contributed by atoms with E-state index in [-0.39, 0.29) is 11.8 Å². The number of halogens is 1. The number of amides is 1. The first-order valence-electron chi connectivity index (χ1n) is 13.3. The van der Waals surface area contributed by atoms with Gasteiger partial charge in [0, 0.05) is 43.8 Å². The van der Waals surface area contributed by atoms with E-state index in [2.05, 4.69) is 52.9 Å². The molecule has 2 N–H and O–H groups in total. The Labute approximate surface area is 234 Å². The molecule has 0 atom stereocenters. The molecule has 1 amide bonds. The van der Waals surface area contributed by atoms with Gasteiger partial charge in [-0.15, -0.1) is 0 Å². The van der Waals surface area contributed by atoms with Crippen LogP contribution in [-0.2, 0) is 17.9 Å². The fourth-order valence-corrected chi connectivity index (χ4v) is 4.92. The van der Waals surface area contributed by atoms with Crippen LogP contribution in [0.5, 0.6) is 0 Å². The molecule has 0 bridgehead atoms. The van der Waals surface area contributed by atoms with Crippen molar-refractivity contribution in [2.45, 2.75) is 32.9 Å². The molecule has 1 aliphatic heterocycles. The number of rotatable bonds is 8. The molecule has 4 aromatic rings. The lowest BCUT2D eigenvalue weighted by Crippen LogP contribution is -2.41. The number of hydrogen-bond donors (Lipinski definition) is 2. The first-order chi connectivity index (χ1) is 18.9. The molecule has 0 saturated carbocycles. The minimum Gasteiger partial charge on any atom is -0.365 e. The minimum absolute atomic E-state index is 0.00780. The smallest absolute Gasteiger partial charge is 0.230 e. The molecule has 2 aromatic heterocycles. The van der Waals surface area contributed by atoms with Crippen molar-refractivity contribution in [1.82, 2.24) is 20.3 Å². The van der Waals surface area contributed by atoms with Crippen LogP contribution in [0.2, 0.25) is 5.15 Å². The van der Waals surface area contributed by atoms with Crippen molar-refractivity contribution in [2.24, 2.45) is 5.92 Å². The quantitative estimate of drug-likeness (QED) is 0.295. The van der Waals surface area contributed by atoms with E-state index in [9.17, 15) is 4.79 Å². The maximum Gasteiger partial charge on any atom is 0.230 e. The minimum atomic E-state index is 0.00780. The zero-order valence-corrected chi connectivity index (χ0v) is 23.4. The van der Waals surface area contributed by atoms with Crippen molar-refractivity contribution in [3.63, 3.8) is 0 Å². The molecule has 9 heteroatoms. The van der Waals surface area contributed by atoms with Gasteiger partial charge in [-0.2, -0.15) is 4.98 Å². The van der Waals surface area contributed by atoms with Crippen molar-refractivity contribution in [3.05, 3.63) is 82.6 Å². The lowest BCUT2D eigenvalue weighted by atomic mass is 9.96. The number of nitrogens with one attached hydrogen (secondary N) is 2. The third-order valence-corrected chi connectivity index (χ3v) is 7.26. The number of nitrogens with zero attached hydrogens (tertiary/aromatic N) is 5. The highest BCUT2D eigenvalue weighted by atomic mass is 35.5. The van der Waals surface area contributed by atoms with Gasteiger partial charge in [-0.3, -0.25) is 4.79 Å². The van der Waals surface area contributed by atoms with Crippen LogP contribution < -0.4 is 20.4 Å². The Morgan fingerprint density at radius 1 is 1.03 bits per heavy atom. The molecule has 0 spiro atoms. The molecule has 202 valence electrons. The number of carbonyl (C=O) groups excluding carboxylic acids is 1. The summed E-state index contributed by atoms with van der Waals surface area (Å²) in [6.45, 7) is 4.84. The van der Waals surface area contributed by atoms with Crippen LogP contribution in [0.3, 0.4) is 0 Å². The molecular weight excluding hydrogens is 510 g/mol. The van der Waals surface area contributed by atoms with Gasteiger partial charge in [0.1, 0.15) is 11.0 Å². The van der Waals surface area contributed by atoms with Crippen molar-refractivity contribution < 1.29 is 4.79 Å². The van der Waals surface area contributed by atoms with Crippen LogP contribution in [0.25, 0.3) is 10.9 Å². The van der Waals surface area contributed by atoms with Gasteiger partial charge in [0.2, 0.25) is 11.9 Å². The van der Waals surface area contributed by atoms with Crippen molar-refractivity contribution in [1.29, 1.82) is 0 Å². The third-order valence-electron chi connectivity index (χ3n) is 7.03. The normalized spacial score (nSPS) is 13.8.